The van der Waals surface area contributed by atoms with Crippen molar-refractivity contribution in [3.05, 3.63) is 53.3 Å². The molecule has 3 aromatic rings. The third-order valence-corrected chi connectivity index (χ3v) is 5.40. The molecule has 8 nitrogen and oxygen atoms in total. The molecule has 0 aliphatic rings. The molecular weight excluding hydrogens is 411 g/mol. The van der Waals surface area contributed by atoms with Gasteiger partial charge in [0.05, 0.1) is 29.3 Å². The van der Waals surface area contributed by atoms with Gasteiger partial charge in [0.25, 0.3) is 0 Å². The Bertz CT molecular complexity index is 1130. The first-order valence-corrected chi connectivity index (χ1v) is 9.65. The molecule has 3 rings (SSSR count). The number of rotatable bonds is 7. The molecule has 0 fully saturated rings. The number of fused-ring (bicyclic) bond motifs is 1. The smallest absolute Gasteiger partial charge is 0.343 e. The zero-order chi connectivity index (χ0) is 21.8. The number of amidine groups is 1. The fourth-order valence-electron chi connectivity index (χ4n) is 2.57. The summed E-state index contributed by atoms with van der Waals surface area (Å²) in [6.07, 6.45) is 0.231. The number of hydrogen-bond donors (Lipinski definition) is 2. The van der Waals surface area contributed by atoms with Crippen LogP contribution >= 0.6 is 11.3 Å². The van der Waals surface area contributed by atoms with Crippen molar-refractivity contribution in [3.8, 4) is 5.75 Å². The standard InChI is InChI=1S/C20H19FN4O4S/c1-25(8-7-17(26)28-2)20-24-14-5-3-12(10-16(14)30-20)19(27)29-15-6-4-11(18(22)23)9-13(15)21/h3-6,9-10H,7-8H2,1-2H3,(H3,22,23). The fourth-order valence-corrected chi connectivity index (χ4v) is 3.56. The summed E-state index contributed by atoms with van der Waals surface area (Å²) >= 11 is 1.35. The largest absolute Gasteiger partial charge is 0.469 e. The Morgan fingerprint density at radius 1 is 1.23 bits per heavy atom. The zero-order valence-corrected chi connectivity index (χ0v) is 17.1. The molecule has 0 atom stereocenters. The maximum absolute atomic E-state index is 14.1. The molecule has 10 heteroatoms. The van der Waals surface area contributed by atoms with E-state index >= 15 is 0 Å². The second kappa shape index (κ2) is 8.87. The molecule has 0 aliphatic heterocycles. The van der Waals surface area contributed by atoms with Gasteiger partial charge in [0.2, 0.25) is 0 Å². The predicted octanol–water partition coefficient (Wildman–Crippen LogP) is 2.94. The van der Waals surface area contributed by atoms with E-state index in [2.05, 4.69) is 9.72 Å². The highest BCUT2D eigenvalue weighted by Crippen LogP contribution is 2.29. The van der Waals surface area contributed by atoms with E-state index in [1.165, 1.54) is 30.6 Å². The molecule has 0 amide bonds. The van der Waals surface area contributed by atoms with Crippen LogP contribution in [0.25, 0.3) is 10.2 Å². The summed E-state index contributed by atoms with van der Waals surface area (Å²) in [5.74, 6) is -2.35. The number of esters is 2. The molecule has 0 spiro atoms. The van der Waals surface area contributed by atoms with Crippen LogP contribution in [0.1, 0.15) is 22.3 Å². The van der Waals surface area contributed by atoms with Gasteiger partial charge < -0.3 is 20.1 Å². The minimum absolute atomic E-state index is 0.197. The average molecular weight is 430 g/mol. The van der Waals surface area contributed by atoms with Crippen LogP contribution in [0.5, 0.6) is 5.75 Å². The van der Waals surface area contributed by atoms with Crippen molar-refractivity contribution in [3.63, 3.8) is 0 Å². The third kappa shape index (κ3) is 4.71. The second-order valence-electron chi connectivity index (χ2n) is 6.38. The van der Waals surface area contributed by atoms with Crippen LogP contribution in [0.2, 0.25) is 0 Å². The highest BCUT2D eigenvalue weighted by molar-refractivity contribution is 7.22. The lowest BCUT2D eigenvalue weighted by atomic mass is 10.2. The predicted molar refractivity (Wildman–Crippen MR) is 112 cm³/mol. The third-order valence-electron chi connectivity index (χ3n) is 4.26. The number of halogens is 1. The molecule has 3 N–H and O–H groups in total. The monoisotopic (exact) mass is 430 g/mol. The summed E-state index contributed by atoms with van der Waals surface area (Å²) in [5, 5.41) is 8.00. The quantitative estimate of drug-likeness (QED) is 0.256. The van der Waals surface area contributed by atoms with Crippen LogP contribution in [0.4, 0.5) is 9.52 Å². The number of carbonyl (C=O) groups is 2. The molecule has 156 valence electrons. The van der Waals surface area contributed by atoms with E-state index in [4.69, 9.17) is 15.9 Å². The highest BCUT2D eigenvalue weighted by atomic mass is 32.1. The number of nitrogen functional groups attached to an aromatic ring is 1. The summed E-state index contributed by atoms with van der Waals surface area (Å²) < 4.78 is 24.6. The number of thiazole rings is 1. The summed E-state index contributed by atoms with van der Waals surface area (Å²) in [6, 6.07) is 8.53. The van der Waals surface area contributed by atoms with E-state index in [9.17, 15) is 14.0 Å². The molecule has 0 radical (unpaired) electrons. The SMILES string of the molecule is COC(=O)CCN(C)c1nc2ccc(C(=O)Oc3ccc(C(=N)N)cc3F)cc2s1. The first kappa shape index (κ1) is 21.2. The van der Waals surface area contributed by atoms with Gasteiger partial charge in [-0.15, -0.1) is 0 Å². The van der Waals surface area contributed by atoms with E-state index in [0.29, 0.717) is 17.2 Å². The van der Waals surface area contributed by atoms with Crippen molar-refractivity contribution < 1.29 is 23.5 Å². The van der Waals surface area contributed by atoms with Crippen LogP contribution in [0.3, 0.4) is 0 Å². The minimum atomic E-state index is -0.788. The number of nitrogens with two attached hydrogens (primary N) is 1. The van der Waals surface area contributed by atoms with E-state index < -0.39 is 11.8 Å². The lowest BCUT2D eigenvalue weighted by molar-refractivity contribution is -0.140. The molecule has 0 aliphatic carbocycles. The lowest BCUT2D eigenvalue weighted by Gasteiger charge is -2.14. The number of methoxy groups -OCH3 is 1. The average Bonchev–Trinajstić information content (AvgIpc) is 3.16. The maximum Gasteiger partial charge on any atom is 0.343 e. The van der Waals surface area contributed by atoms with Gasteiger partial charge in [-0.3, -0.25) is 10.2 Å². The number of ether oxygens (including phenoxy) is 2. The first-order valence-electron chi connectivity index (χ1n) is 8.83. The minimum Gasteiger partial charge on any atom is -0.469 e. The van der Waals surface area contributed by atoms with Crippen molar-refractivity contribution in [1.29, 1.82) is 5.41 Å². The van der Waals surface area contributed by atoms with Crippen molar-refractivity contribution in [2.24, 2.45) is 5.73 Å². The molecule has 30 heavy (non-hydrogen) atoms. The molecule has 0 bridgehead atoms. The van der Waals surface area contributed by atoms with Gasteiger partial charge in [-0.1, -0.05) is 11.3 Å². The van der Waals surface area contributed by atoms with Gasteiger partial charge in [-0.05, 0) is 36.4 Å². The Kier molecular flexibility index (Phi) is 6.26. The Morgan fingerprint density at radius 2 is 1.97 bits per heavy atom. The topological polar surface area (TPSA) is 119 Å². The van der Waals surface area contributed by atoms with Crippen LogP contribution in [0.15, 0.2) is 36.4 Å². The Balaban J connectivity index is 1.76. The molecule has 1 heterocycles. The van der Waals surface area contributed by atoms with Crippen molar-refractivity contribution in [1.82, 2.24) is 4.98 Å². The highest BCUT2D eigenvalue weighted by Gasteiger charge is 2.16. The normalized spacial score (nSPS) is 10.6. The van der Waals surface area contributed by atoms with Gasteiger partial charge in [-0.2, -0.15) is 0 Å². The second-order valence-corrected chi connectivity index (χ2v) is 7.38. The van der Waals surface area contributed by atoms with Crippen LogP contribution < -0.4 is 15.4 Å². The van der Waals surface area contributed by atoms with Crippen molar-refractivity contribution >= 4 is 44.5 Å². The van der Waals surface area contributed by atoms with Crippen molar-refractivity contribution in [2.75, 3.05) is 25.6 Å². The van der Waals surface area contributed by atoms with E-state index in [1.54, 1.807) is 18.2 Å². The summed E-state index contributed by atoms with van der Waals surface area (Å²) in [4.78, 5) is 30.1. The number of carbonyl (C=O) groups excluding carboxylic acids is 2. The Hall–Kier alpha value is -3.53. The number of nitrogens with one attached hydrogen (secondary N) is 1. The molecule has 1 aromatic heterocycles. The number of nitrogens with zero attached hydrogens (tertiary/aromatic N) is 2. The van der Waals surface area contributed by atoms with Crippen LogP contribution in [-0.2, 0) is 9.53 Å². The Labute approximate surface area is 175 Å². The van der Waals surface area contributed by atoms with Gasteiger partial charge >= 0.3 is 11.9 Å². The van der Waals surface area contributed by atoms with Crippen LogP contribution in [0, 0.1) is 11.2 Å². The van der Waals surface area contributed by atoms with Gasteiger partial charge in [-0.25, -0.2) is 14.2 Å². The van der Waals surface area contributed by atoms with Gasteiger partial charge in [0.1, 0.15) is 5.84 Å². The van der Waals surface area contributed by atoms with Crippen LogP contribution in [-0.4, -0.2) is 43.5 Å². The van der Waals surface area contributed by atoms with E-state index in [1.807, 2.05) is 11.9 Å². The van der Waals surface area contributed by atoms with Gasteiger partial charge in [0, 0.05) is 19.2 Å². The molecule has 0 saturated heterocycles. The zero-order valence-electron chi connectivity index (χ0n) is 16.3. The first-order chi connectivity index (χ1) is 14.3. The molecular formula is C20H19FN4O4S. The van der Waals surface area contributed by atoms with E-state index in [0.717, 1.165) is 10.8 Å². The van der Waals surface area contributed by atoms with E-state index in [-0.39, 0.29) is 35.1 Å². The number of benzene rings is 2. The molecule has 0 unspecified atom stereocenters. The summed E-state index contributed by atoms with van der Waals surface area (Å²) in [5.41, 5.74) is 6.45. The number of hydrogen-bond acceptors (Lipinski definition) is 8. The number of anilines is 1. The lowest BCUT2D eigenvalue weighted by Crippen LogP contribution is -2.21. The fraction of sp³-hybridized carbons (Fsp3) is 0.200. The molecule has 2 aromatic carbocycles. The number of aromatic nitrogens is 1. The Morgan fingerprint density at radius 3 is 2.63 bits per heavy atom. The maximum atomic E-state index is 14.1. The van der Waals surface area contributed by atoms with Gasteiger partial charge in [0.15, 0.2) is 16.7 Å². The summed E-state index contributed by atoms with van der Waals surface area (Å²) in [7, 11) is 3.15. The van der Waals surface area contributed by atoms with Crippen molar-refractivity contribution in [2.45, 2.75) is 6.42 Å². The molecule has 0 saturated carbocycles. The summed E-state index contributed by atoms with van der Waals surface area (Å²) in [6.45, 7) is 0.441.